The maximum absolute atomic E-state index is 12.6. The molecule has 1 N–H and O–H groups in total. The minimum atomic E-state index is 0.0401. The van der Waals surface area contributed by atoms with Gasteiger partial charge >= 0.3 is 0 Å². The number of hydrogen-bond donors (Lipinski definition) is 1. The fraction of sp³-hybridized carbons (Fsp3) is 0.320. The zero-order valence-electron chi connectivity index (χ0n) is 18.1. The molecule has 1 heterocycles. The van der Waals surface area contributed by atoms with E-state index < -0.39 is 0 Å². The molecule has 1 fully saturated rings. The molecule has 0 bridgehead atoms. The van der Waals surface area contributed by atoms with Gasteiger partial charge in [0.05, 0.1) is 40.4 Å². The molecule has 0 atom stereocenters. The molecule has 1 aliphatic rings. The van der Waals surface area contributed by atoms with Crippen molar-refractivity contribution >= 4 is 16.7 Å². The zero-order valence-corrected chi connectivity index (χ0v) is 18.1. The number of hydrogen-bond acceptors (Lipinski definition) is 4. The van der Waals surface area contributed by atoms with Gasteiger partial charge < -0.3 is 24.0 Å². The van der Waals surface area contributed by atoms with Gasteiger partial charge in [-0.3, -0.25) is 4.79 Å². The Bertz CT molecular complexity index is 1040. The third kappa shape index (κ3) is 5.09. The maximum atomic E-state index is 12.6. The molecule has 6 nitrogen and oxygen atoms in total. The first-order valence-electron chi connectivity index (χ1n) is 10.6. The lowest BCUT2D eigenvalue weighted by atomic mass is 10.1. The molecule has 0 aromatic heterocycles. The van der Waals surface area contributed by atoms with Crippen LogP contribution in [0.25, 0.3) is 10.8 Å². The van der Waals surface area contributed by atoms with E-state index in [1.165, 1.54) is 10.5 Å². The molecule has 0 saturated carbocycles. The zero-order chi connectivity index (χ0) is 21.6. The topological polar surface area (TPSA) is 52.4 Å². The summed E-state index contributed by atoms with van der Waals surface area (Å²) in [5.41, 5.74) is 1.20. The highest BCUT2D eigenvalue weighted by atomic mass is 16.5. The van der Waals surface area contributed by atoms with Gasteiger partial charge in [-0.05, 0) is 41.1 Å². The van der Waals surface area contributed by atoms with E-state index in [9.17, 15) is 4.79 Å². The highest BCUT2D eigenvalue weighted by Gasteiger charge is 2.24. The second-order valence-electron chi connectivity index (χ2n) is 7.79. The average Bonchev–Trinajstić information content (AvgIpc) is 2.82. The highest BCUT2D eigenvalue weighted by molar-refractivity contribution is 5.84. The first kappa shape index (κ1) is 21.0. The Morgan fingerprint density at radius 3 is 2.39 bits per heavy atom. The molecule has 3 aromatic rings. The first-order valence-corrected chi connectivity index (χ1v) is 10.6. The van der Waals surface area contributed by atoms with Crippen LogP contribution in [0.4, 0.5) is 0 Å². The van der Waals surface area contributed by atoms with E-state index in [1.54, 1.807) is 14.2 Å². The van der Waals surface area contributed by atoms with E-state index in [4.69, 9.17) is 14.2 Å². The third-order valence-electron chi connectivity index (χ3n) is 5.81. The van der Waals surface area contributed by atoms with Crippen LogP contribution in [0.15, 0.2) is 60.7 Å². The fourth-order valence-corrected chi connectivity index (χ4v) is 4.02. The number of ether oxygens (including phenoxy) is 3. The van der Waals surface area contributed by atoms with Crippen LogP contribution in [-0.4, -0.2) is 57.8 Å². The molecule has 162 valence electrons. The fourth-order valence-electron chi connectivity index (χ4n) is 4.02. The molecule has 6 heteroatoms. The van der Waals surface area contributed by atoms with Crippen LogP contribution in [0.3, 0.4) is 0 Å². The summed E-state index contributed by atoms with van der Waals surface area (Å²) in [6.07, 6.45) is 0. The van der Waals surface area contributed by atoms with E-state index in [0.29, 0.717) is 0 Å². The number of piperazine rings is 1. The molecule has 1 saturated heterocycles. The number of fused-ring (bicyclic) bond motifs is 1. The summed E-state index contributed by atoms with van der Waals surface area (Å²) < 4.78 is 16.5. The summed E-state index contributed by atoms with van der Waals surface area (Å²) in [5, 5.41) is 2.27. The normalized spacial score (nSPS) is 14.5. The maximum Gasteiger partial charge on any atom is 0.260 e. The number of nitrogens with zero attached hydrogens (tertiary/aromatic N) is 1. The van der Waals surface area contributed by atoms with Crippen LogP contribution in [0.1, 0.15) is 5.56 Å². The predicted octanol–water partition coefficient (Wildman–Crippen LogP) is 2.16. The van der Waals surface area contributed by atoms with Gasteiger partial charge in [0.15, 0.2) is 18.1 Å². The number of carbonyl (C=O) groups is 1. The first-order chi connectivity index (χ1) is 15.2. The van der Waals surface area contributed by atoms with Crippen molar-refractivity contribution in [3.8, 4) is 17.2 Å². The molecular formula is C25H29N2O4+. The van der Waals surface area contributed by atoms with Gasteiger partial charge in [0.1, 0.15) is 12.3 Å². The Hall–Kier alpha value is -3.25. The van der Waals surface area contributed by atoms with Crippen molar-refractivity contribution in [2.75, 3.05) is 47.0 Å². The van der Waals surface area contributed by atoms with Gasteiger partial charge in [0.2, 0.25) is 0 Å². The molecule has 0 aliphatic carbocycles. The van der Waals surface area contributed by atoms with Crippen molar-refractivity contribution in [3.05, 3.63) is 66.2 Å². The van der Waals surface area contributed by atoms with Crippen LogP contribution in [0.2, 0.25) is 0 Å². The number of nitrogens with one attached hydrogen (secondary N) is 1. The predicted molar refractivity (Wildman–Crippen MR) is 120 cm³/mol. The molecule has 1 amide bonds. The molecule has 31 heavy (non-hydrogen) atoms. The van der Waals surface area contributed by atoms with Crippen LogP contribution in [0, 0.1) is 0 Å². The third-order valence-corrected chi connectivity index (χ3v) is 5.81. The molecule has 3 aromatic carbocycles. The quantitative estimate of drug-likeness (QED) is 0.635. The lowest BCUT2D eigenvalue weighted by molar-refractivity contribution is -0.917. The van der Waals surface area contributed by atoms with Crippen LogP contribution in [0.5, 0.6) is 17.2 Å². The number of methoxy groups -OCH3 is 2. The standard InChI is InChI=1S/C25H28N2O4/c1-29-23-10-7-19(15-24(23)30-2)17-26-11-13-27(14-12-26)25(28)18-31-22-9-8-20-5-3-4-6-21(20)16-22/h3-10,15-16H,11-14,17-18H2,1-2H3/p+1. The van der Waals surface area contributed by atoms with Crippen LogP contribution in [-0.2, 0) is 11.3 Å². The minimum absolute atomic E-state index is 0.0401. The molecule has 1 aliphatic heterocycles. The van der Waals surface area contributed by atoms with Crippen molar-refractivity contribution in [2.24, 2.45) is 0 Å². The summed E-state index contributed by atoms with van der Waals surface area (Å²) in [6, 6.07) is 20.1. The van der Waals surface area contributed by atoms with E-state index in [-0.39, 0.29) is 12.5 Å². The molecule has 4 rings (SSSR count). The average molecular weight is 422 g/mol. The van der Waals surface area contributed by atoms with E-state index in [2.05, 4.69) is 12.1 Å². The minimum Gasteiger partial charge on any atom is -0.493 e. The number of amides is 1. The highest BCUT2D eigenvalue weighted by Crippen LogP contribution is 2.27. The van der Waals surface area contributed by atoms with E-state index in [1.807, 2.05) is 53.4 Å². The second-order valence-corrected chi connectivity index (χ2v) is 7.79. The summed E-state index contributed by atoms with van der Waals surface area (Å²) in [6.45, 7) is 4.27. The second kappa shape index (κ2) is 9.71. The Morgan fingerprint density at radius 2 is 1.65 bits per heavy atom. The number of benzene rings is 3. The molecular weight excluding hydrogens is 392 g/mol. The summed E-state index contributed by atoms with van der Waals surface area (Å²) in [4.78, 5) is 16.0. The van der Waals surface area contributed by atoms with Gasteiger partial charge in [-0.1, -0.05) is 30.3 Å². The monoisotopic (exact) mass is 421 g/mol. The van der Waals surface area contributed by atoms with Crippen molar-refractivity contribution in [1.29, 1.82) is 0 Å². The van der Waals surface area contributed by atoms with Crippen LogP contribution >= 0.6 is 0 Å². The van der Waals surface area contributed by atoms with Gasteiger partial charge in [-0.2, -0.15) is 0 Å². The Labute approximate surface area is 182 Å². The van der Waals surface area contributed by atoms with E-state index >= 15 is 0 Å². The largest absolute Gasteiger partial charge is 0.493 e. The van der Waals surface area contributed by atoms with Gasteiger partial charge in [0, 0.05) is 5.56 Å². The van der Waals surface area contributed by atoms with Gasteiger partial charge in [-0.15, -0.1) is 0 Å². The lowest BCUT2D eigenvalue weighted by Crippen LogP contribution is -3.13. The summed E-state index contributed by atoms with van der Waals surface area (Å²) >= 11 is 0. The SMILES string of the molecule is COc1ccc(C[NH+]2CCN(C(=O)COc3ccc4ccccc4c3)CC2)cc1OC. The Balaban J connectivity index is 1.26. The summed E-state index contributed by atoms with van der Waals surface area (Å²) in [7, 11) is 3.29. The van der Waals surface area contributed by atoms with Crippen molar-refractivity contribution in [1.82, 2.24) is 4.90 Å². The number of quaternary nitrogens is 1. The Kier molecular flexibility index (Phi) is 6.57. The van der Waals surface area contributed by atoms with E-state index in [0.717, 1.165) is 60.7 Å². The van der Waals surface area contributed by atoms with Gasteiger partial charge in [-0.25, -0.2) is 0 Å². The van der Waals surface area contributed by atoms with Crippen molar-refractivity contribution in [2.45, 2.75) is 6.54 Å². The number of rotatable bonds is 7. The molecule has 0 unspecified atom stereocenters. The summed E-state index contributed by atoms with van der Waals surface area (Å²) in [5.74, 6) is 2.25. The van der Waals surface area contributed by atoms with Crippen molar-refractivity contribution in [3.63, 3.8) is 0 Å². The number of carbonyl (C=O) groups excluding carboxylic acids is 1. The van der Waals surface area contributed by atoms with Gasteiger partial charge in [0.25, 0.3) is 5.91 Å². The Morgan fingerprint density at radius 1 is 0.903 bits per heavy atom. The smallest absolute Gasteiger partial charge is 0.260 e. The lowest BCUT2D eigenvalue weighted by Gasteiger charge is -2.32. The van der Waals surface area contributed by atoms with Crippen molar-refractivity contribution < 1.29 is 23.9 Å². The molecule has 0 spiro atoms. The molecule has 0 radical (unpaired) electrons. The van der Waals surface area contributed by atoms with Crippen LogP contribution < -0.4 is 19.1 Å².